The van der Waals surface area contributed by atoms with Gasteiger partial charge in [-0.25, -0.2) is 0 Å². The van der Waals surface area contributed by atoms with E-state index in [1.54, 1.807) is 0 Å². The Kier molecular flexibility index (Phi) is 7.87. The Morgan fingerprint density at radius 3 is 2.68 bits per heavy atom. The lowest BCUT2D eigenvalue weighted by Crippen LogP contribution is -2.52. The number of rotatable bonds is 5. The summed E-state index contributed by atoms with van der Waals surface area (Å²) in [6.45, 7) is 6.64. The number of likely N-dealkylation sites (N-methyl/N-ethyl adjacent to an activating group) is 1. The first-order valence-corrected chi connectivity index (χ1v) is 7.84. The number of amides is 1. The van der Waals surface area contributed by atoms with Crippen molar-refractivity contribution in [1.82, 2.24) is 15.5 Å². The van der Waals surface area contributed by atoms with Crippen LogP contribution in [0.3, 0.4) is 0 Å². The average molecular weight is 326 g/mol. The Bertz CT molecular complexity index is 463. The van der Waals surface area contributed by atoms with Crippen LogP contribution in [0.15, 0.2) is 24.3 Å². The molecule has 124 valence electrons. The van der Waals surface area contributed by atoms with E-state index in [1.807, 2.05) is 14.0 Å². The van der Waals surface area contributed by atoms with E-state index in [4.69, 9.17) is 0 Å². The van der Waals surface area contributed by atoms with Gasteiger partial charge in [0.25, 0.3) is 0 Å². The highest BCUT2D eigenvalue weighted by Crippen LogP contribution is 2.13. The molecule has 0 radical (unpaired) electrons. The molecule has 0 aliphatic carbocycles. The minimum atomic E-state index is -0.0633. The topological polar surface area (TPSA) is 44.4 Å². The smallest absolute Gasteiger partial charge is 0.237 e. The van der Waals surface area contributed by atoms with Gasteiger partial charge in [-0.15, -0.1) is 12.4 Å². The molecule has 1 heterocycles. The van der Waals surface area contributed by atoms with Crippen molar-refractivity contribution in [2.24, 2.45) is 0 Å². The molecule has 0 saturated carbocycles. The van der Waals surface area contributed by atoms with E-state index in [9.17, 15) is 4.79 Å². The van der Waals surface area contributed by atoms with Gasteiger partial charge in [-0.05, 0) is 45.8 Å². The van der Waals surface area contributed by atoms with Crippen molar-refractivity contribution >= 4 is 18.3 Å². The first-order chi connectivity index (χ1) is 10.1. The van der Waals surface area contributed by atoms with Crippen molar-refractivity contribution in [3.8, 4) is 0 Å². The molecule has 2 rings (SSSR count). The molecule has 1 aromatic rings. The summed E-state index contributed by atoms with van der Waals surface area (Å²) in [5, 5.41) is 6.36. The molecule has 2 N–H and O–H groups in total. The number of hydrogen-bond acceptors (Lipinski definition) is 3. The van der Waals surface area contributed by atoms with Gasteiger partial charge in [0.2, 0.25) is 5.91 Å². The van der Waals surface area contributed by atoms with Crippen molar-refractivity contribution in [2.75, 3.05) is 20.1 Å². The maximum absolute atomic E-state index is 12.3. The summed E-state index contributed by atoms with van der Waals surface area (Å²) in [6.07, 6.45) is 2.35. The summed E-state index contributed by atoms with van der Waals surface area (Å²) in [7, 11) is 2.00. The van der Waals surface area contributed by atoms with Gasteiger partial charge < -0.3 is 10.6 Å². The molecule has 1 amide bonds. The summed E-state index contributed by atoms with van der Waals surface area (Å²) < 4.78 is 0. The minimum absolute atomic E-state index is 0. The van der Waals surface area contributed by atoms with Gasteiger partial charge >= 0.3 is 0 Å². The average Bonchev–Trinajstić information content (AvgIpc) is 2.53. The van der Waals surface area contributed by atoms with Crippen LogP contribution in [0.4, 0.5) is 0 Å². The number of carbonyl (C=O) groups is 1. The van der Waals surface area contributed by atoms with Crippen LogP contribution in [0, 0.1) is 6.92 Å². The summed E-state index contributed by atoms with van der Waals surface area (Å²) in [5.41, 5.74) is 2.39. The normalized spacial score (nSPS) is 20.0. The van der Waals surface area contributed by atoms with Crippen LogP contribution in [-0.2, 0) is 11.3 Å². The Morgan fingerprint density at radius 1 is 1.36 bits per heavy atom. The monoisotopic (exact) mass is 325 g/mol. The second-order valence-electron chi connectivity index (χ2n) is 6.00. The van der Waals surface area contributed by atoms with Gasteiger partial charge in [0.1, 0.15) is 0 Å². The van der Waals surface area contributed by atoms with Crippen LogP contribution < -0.4 is 10.6 Å². The molecule has 1 aromatic carbocycles. The number of halogens is 1. The quantitative estimate of drug-likeness (QED) is 0.871. The molecule has 0 spiro atoms. The van der Waals surface area contributed by atoms with Crippen molar-refractivity contribution in [3.63, 3.8) is 0 Å². The molecule has 1 fully saturated rings. The number of likely N-dealkylation sites (tertiary alicyclic amines) is 1. The molecule has 1 aliphatic heterocycles. The number of nitrogens with zero attached hydrogens (tertiary/aromatic N) is 1. The summed E-state index contributed by atoms with van der Waals surface area (Å²) in [5.74, 6) is 0.118. The zero-order chi connectivity index (χ0) is 15.2. The standard InChI is InChI=1S/C17H27N3O.ClH/c1-13-6-8-15(9-7-13)11-19-17(21)14(2)20-10-4-5-16(12-20)18-3;/h6-9,14,16,18H,4-5,10-12H2,1-3H3,(H,19,21);1H. The van der Waals surface area contributed by atoms with E-state index in [1.165, 1.54) is 12.0 Å². The van der Waals surface area contributed by atoms with Crippen LogP contribution in [-0.4, -0.2) is 43.0 Å². The van der Waals surface area contributed by atoms with Crippen molar-refractivity contribution in [2.45, 2.75) is 45.3 Å². The molecule has 5 heteroatoms. The number of aryl methyl sites for hydroxylation is 1. The number of piperidine rings is 1. The van der Waals surface area contributed by atoms with E-state index >= 15 is 0 Å². The van der Waals surface area contributed by atoms with Gasteiger partial charge in [0.05, 0.1) is 6.04 Å². The molecule has 22 heavy (non-hydrogen) atoms. The highest BCUT2D eigenvalue weighted by molar-refractivity contribution is 5.85. The fourth-order valence-electron chi connectivity index (χ4n) is 2.80. The number of carbonyl (C=O) groups excluding carboxylic acids is 1. The van der Waals surface area contributed by atoms with E-state index < -0.39 is 0 Å². The maximum Gasteiger partial charge on any atom is 0.237 e. The van der Waals surface area contributed by atoms with E-state index in [-0.39, 0.29) is 24.4 Å². The highest BCUT2D eigenvalue weighted by Gasteiger charge is 2.26. The Morgan fingerprint density at radius 2 is 2.05 bits per heavy atom. The predicted octanol–water partition coefficient (Wildman–Crippen LogP) is 2.11. The zero-order valence-corrected chi connectivity index (χ0v) is 14.6. The SMILES string of the molecule is CNC1CCCN(C(C)C(=O)NCc2ccc(C)cc2)C1.Cl. The van der Waals surface area contributed by atoms with Gasteiger partial charge in [-0.2, -0.15) is 0 Å². The summed E-state index contributed by atoms with van der Waals surface area (Å²) in [4.78, 5) is 14.6. The molecule has 1 aliphatic rings. The summed E-state index contributed by atoms with van der Waals surface area (Å²) in [6, 6.07) is 8.73. The Labute approximate surface area is 140 Å². The van der Waals surface area contributed by atoms with Crippen LogP contribution >= 0.6 is 12.4 Å². The van der Waals surface area contributed by atoms with Crippen LogP contribution in [0.2, 0.25) is 0 Å². The Balaban J connectivity index is 0.00000242. The fourth-order valence-corrected chi connectivity index (χ4v) is 2.80. The van der Waals surface area contributed by atoms with Gasteiger partial charge in [-0.1, -0.05) is 29.8 Å². The maximum atomic E-state index is 12.3. The first kappa shape index (κ1) is 18.9. The third-order valence-corrected chi connectivity index (χ3v) is 4.38. The molecule has 0 aromatic heterocycles. The van der Waals surface area contributed by atoms with Gasteiger partial charge in [0.15, 0.2) is 0 Å². The van der Waals surface area contributed by atoms with Gasteiger partial charge in [0, 0.05) is 19.1 Å². The lowest BCUT2D eigenvalue weighted by atomic mass is 10.0. The van der Waals surface area contributed by atoms with Crippen LogP contribution in [0.25, 0.3) is 0 Å². The van der Waals surface area contributed by atoms with E-state index in [0.29, 0.717) is 12.6 Å². The predicted molar refractivity (Wildman–Crippen MR) is 93.4 cm³/mol. The van der Waals surface area contributed by atoms with Gasteiger partial charge in [-0.3, -0.25) is 9.69 Å². The first-order valence-electron chi connectivity index (χ1n) is 7.84. The third-order valence-electron chi connectivity index (χ3n) is 4.38. The van der Waals surface area contributed by atoms with Crippen LogP contribution in [0.5, 0.6) is 0 Å². The number of hydrogen-bond donors (Lipinski definition) is 2. The fraction of sp³-hybridized carbons (Fsp3) is 0.588. The molecular weight excluding hydrogens is 298 g/mol. The minimum Gasteiger partial charge on any atom is -0.351 e. The second-order valence-corrected chi connectivity index (χ2v) is 6.00. The second kappa shape index (κ2) is 9.13. The van der Waals surface area contributed by atoms with Crippen molar-refractivity contribution in [3.05, 3.63) is 35.4 Å². The highest BCUT2D eigenvalue weighted by atomic mass is 35.5. The third kappa shape index (κ3) is 5.27. The molecule has 0 bridgehead atoms. The van der Waals surface area contributed by atoms with E-state index in [2.05, 4.69) is 46.7 Å². The van der Waals surface area contributed by atoms with Crippen molar-refractivity contribution in [1.29, 1.82) is 0 Å². The zero-order valence-electron chi connectivity index (χ0n) is 13.8. The molecule has 2 unspecified atom stereocenters. The largest absolute Gasteiger partial charge is 0.351 e. The van der Waals surface area contributed by atoms with Crippen molar-refractivity contribution < 1.29 is 4.79 Å². The number of nitrogens with one attached hydrogen (secondary N) is 2. The molecule has 2 atom stereocenters. The molecular formula is C17H28ClN3O. The number of benzene rings is 1. The van der Waals surface area contributed by atoms with Crippen LogP contribution in [0.1, 0.15) is 30.9 Å². The molecule has 4 nitrogen and oxygen atoms in total. The Hall–Kier alpha value is -1.10. The molecule has 1 saturated heterocycles. The lowest BCUT2D eigenvalue weighted by molar-refractivity contribution is -0.126. The summed E-state index contributed by atoms with van der Waals surface area (Å²) >= 11 is 0. The van der Waals surface area contributed by atoms with E-state index in [0.717, 1.165) is 25.1 Å². The lowest BCUT2D eigenvalue weighted by Gasteiger charge is -2.35.